The van der Waals surface area contributed by atoms with Gasteiger partial charge in [0.15, 0.2) is 0 Å². The first-order valence-electron chi connectivity index (χ1n) is 9.19. The van der Waals surface area contributed by atoms with Gasteiger partial charge < -0.3 is 10.2 Å². The number of aryl methyl sites for hydroxylation is 1. The van der Waals surface area contributed by atoms with Gasteiger partial charge in [-0.1, -0.05) is 30.3 Å². The highest BCUT2D eigenvalue weighted by molar-refractivity contribution is 7.16. The zero-order valence-electron chi connectivity index (χ0n) is 15.6. The van der Waals surface area contributed by atoms with Crippen LogP contribution in [0.5, 0.6) is 0 Å². The van der Waals surface area contributed by atoms with Crippen molar-refractivity contribution in [2.24, 2.45) is 5.92 Å². The number of nitrogens with zero attached hydrogens (tertiary/aromatic N) is 2. The topological polar surface area (TPSA) is 62.3 Å². The van der Waals surface area contributed by atoms with Crippen molar-refractivity contribution in [2.45, 2.75) is 26.4 Å². The van der Waals surface area contributed by atoms with Gasteiger partial charge in [0, 0.05) is 29.8 Å². The van der Waals surface area contributed by atoms with E-state index in [-0.39, 0.29) is 24.2 Å². The molecule has 0 unspecified atom stereocenters. The average Bonchev–Trinajstić information content (AvgIpc) is 3.41. The van der Waals surface area contributed by atoms with Crippen LogP contribution in [0.15, 0.2) is 47.8 Å². The molecular formula is C21H21N3O2S2. The average molecular weight is 412 g/mol. The lowest BCUT2D eigenvalue weighted by atomic mass is 10.1. The van der Waals surface area contributed by atoms with Gasteiger partial charge in [0.2, 0.25) is 11.8 Å². The van der Waals surface area contributed by atoms with Crippen molar-refractivity contribution in [1.82, 2.24) is 15.2 Å². The number of hydrogen-bond donors (Lipinski definition) is 1. The van der Waals surface area contributed by atoms with E-state index in [1.165, 1.54) is 0 Å². The molecule has 28 heavy (non-hydrogen) atoms. The summed E-state index contributed by atoms with van der Waals surface area (Å²) < 4.78 is 0. The normalized spacial score (nSPS) is 16.5. The van der Waals surface area contributed by atoms with Gasteiger partial charge in [-0.2, -0.15) is 0 Å². The Kier molecular flexibility index (Phi) is 5.54. The number of aromatic nitrogens is 1. The molecule has 0 spiro atoms. The number of thiazole rings is 1. The number of likely N-dealkylation sites (tertiary alicyclic amines) is 1. The SMILES string of the molecule is Cc1nc(-c2ccc(CNC(=O)[C@H]3CC(=O)N(Cc4ccccc4)C3)s2)cs1. The van der Waals surface area contributed by atoms with Crippen LogP contribution >= 0.6 is 22.7 Å². The van der Waals surface area contributed by atoms with Gasteiger partial charge in [-0.15, -0.1) is 22.7 Å². The molecule has 2 aromatic heterocycles. The van der Waals surface area contributed by atoms with Crippen LogP contribution in [-0.4, -0.2) is 28.2 Å². The molecule has 1 fully saturated rings. The minimum Gasteiger partial charge on any atom is -0.351 e. The van der Waals surface area contributed by atoms with Crippen molar-refractivity contribution < 1.29 is 9.59 Å². The predicted molar refractivity (Wildman–Crippen MR) is 112 cm³/mol. The Morgan fingerprint density at radius 2 is 2.07 bits per heavy atom. The molecule has 3 heterocycles. The van der Waals surface area contributed by atoms with Gasteiger partial charge in [0.05, 0.1) is 28.0 Å². The fourth-order valence-corrected chi connectivity index (χ4v) is 4.91. The Bertz CT molecular complexity index is 980. The second-order valence-electron chi connectivity index (χ2n) is 6.90. The van der Waals surface area contributed by atoms with E-state index in [4.69, 9.17) is 0 Å². The molecule has 0 bridgehead atoms. The number of carbonyl (C=O) groups is 2. The predicted octanol–water partition coefficient (Wildman–Crippen LogP) is 3.84. The van der Waals surface area contributed by atoms with Gasteiger partial charge in [0.1, 0.15) is 0 Å². The van der Waals surface area contributed by atoms with Crippen molar-refractivity contribution in [3.63, 3.8) is 0 Å². The van der Waals surface area contributed by atoms with Crippen LogP contribution in [0.2, 0.25) is 0 Å². The molecule has 5 nitrogen and oxygen atoms in total. The molecule has 1 saturated heterocycles. The van der Waals surface area contributed by atoms with E-state index in [2.05, 4.69) is 15.7 Å². The number of rotatable bonds is 6. The molecule has 0 saturated carbocycles. The quantitative estimate of drug-likeness (QED) is 0.670. The molecule has 1 aromatic carbocycles. The van der Waals surface area contributed by atoms with Crippen LogP contribution in [0.3, 0.4) is 0 Å². The Morgan fingerprint density at radius 1 is 1.25 bits per heavy atom. The first-order valence-corrected chi connectivity index (χ1v) is 10.9. The molecule has 2 amide bonds. The minimum absolute atomic E-state index is 0.0429. The van der Waals surface area contributed by atoms with Crippen LogP contribution in [-0.2, 0) is 22.7 Å². The number of nitrogens with one attached hydrogen (secondary N) is 1. The highest BCUT2D eigenvalue weighted by Gasteiger charge is 2.34. The maximum atomic E-state index is 12.5. The number of carbonyl (C=O) groups excluding carboxylic acids is 2. The summed E-state index contributed by atoms with van der Waals surface area (Å²) in [5, 5.41) is 6.09. The van der Waals surface area contributed by atoms with Crippen LogP contribution in [0.1, 0.15) is 21.9 Å². The first-order chi connectivity index (χ1) is 13.6. The largest absolute Gasteiger partial charge is 0.351 e. The second-order valence-corrected chi connectivity index (χ2v) is 9.13. The molecule has 0 aliphatic carbocycles. The lowest BCUT2D eigenvalue weighted by molar-refractivity contribution is -0.129. The standard InChI is InChI=1S/C21H21N3O2S2/c1-14-23-18(13-27-14)19-8-7-17(28-19)10-22-21(26)16-9-20(25)24(12-16)11-15-5-3-2-4-6-15/h2-8,13,16H,9-12H2,1H3,(H,22,26)/t16-/m0/s1. The van der Waals surface area contributed by atoms with E-state index >= 15 is 0 Å². The third-order valence-corrected chi connectivity index (χ3v) is 6.65. The van der Waals surface area contributed by atoms with Gasteiger partial charge in [-0.25, -0.2) is 4.98 Å². The summed E-state index contributed by atoms with van der Waals surface area (Å²) in [5.74, 6) is -0.290. The maximum Gasteiger partial charge on any atom is 0.225 e. The molecule has 144 valence electrons. The Labute approximate surface area is 172 Å². The highest BCUT2D eigenvalue weighted by Crippen LogP contribution is 2.29. The van der Waals surface area contributed by atoms with E-state index in [9.17, 15) is 9.59 Å². The summed E-state index contributed by atoms with van der Waals surface area (Å²) in [7, 11) is 0. The van der Waals surface area contributed by atoms with E-state index in [0.717, 1.165) is 26.0 Å². The van der Waals surface area contributed by atoms with Crippen molar-refractivity contribution >= 4 is 34.5 Å². The molecule has 1 aliphatic heterocycles. The smallest absolute Gasteiger partial charge is 0.225 e. The van der Waals surface area contributed by atoms with Crippen molar-refractivity contribution in [3.05, 3.63) is 63.3 Å². The summed E-state index contributed by atoms with van der Waals surface area (Å²) in [4.78, 5) is 33.3. The van der Waals surface area contributed by atoms with Crippen LogP contribution in [0.25, 0.3) is 10.6 Å². The van der Waals surface area contributed by atoms with Crippen molar-refractivity contribution in [2.75, 3.05) is 6.54 Å². The Balaban J connectivity index is 1.31. The number of hydrogen-bond acceptors (Lipinski definition) is 5. The third-order valence-electron chi connectivity index (χ3n) is 4.77. The number of amides is 2. The van der Waals surface area contributed by atoms with Gasteiger partial charge in [-0.3, -0.25) is 9.59 Å². The number of thiophene rings is 1. The van der Waals surface area contributed by atoms with Gasteiger partial charge in [0.25, 0.3) is 0 Å². The Morgan fingerprint density at radius 3 is 2.82 bits per heavy atom. The highest BCUT2D eigenvalue weighted by atomic mass is 32.1. The summed E-state index contributed by atoms with van der Waals surface area (Å²) in [6, 6.07) is 13.9. The lowest BCUT2D eigenvalue weighted by Crippen LogP contribution is -2.32. The first kappa shape index (κ1) is 18.8. The van der Waals surface area contributed by atoms with E-state index in [1.54, 1.807) is 27.6 Å². The van der Waals surface area contributed by atoms with Crippen molar-refractivity contribution in [3.8, 4) is 10.6 Å². The lowest BCUT2D eigenvalue weighted by Gasteiger charge is -2.16. The molecule has 1 N–H and O–H groups in total. The molecule has 4 rings (SSSR count). The van der Waals surface area contributed by atoms with Crippen LogP contribution < -0.4 is 5.32 Å². The zero-order valence-corrected chi connectivity index (χ0v) is 17.2. The Hall–Kier alpha value is -2.51. The van der Waals surface area contributed by atoms with Crippen LogP contribution in [0.4, 0.5) is 0 Å². The zero-order chi connectivity index (χ0) is 19.5. The molecule has 1 atom stereocenters. The van der Waals surface area contributed by atoms with Gasteiger partial charge in [-0.05, 0) is 24.6 Å². The summed E-state index contributed by atoms with van der Waals surface area (Å²) in [6.07, 6.45) is 0.284. The van der Waals surface area contributed by atoms with Gasteiger partial charge >= 0.3 is 0 Å². The van der Waals surface area contributed by atoms with Crippen molar-refractivity contribution in [1.29, 1.82) is 0 Å². The van der Waals surface area contributed by atoms with Crippen LogP contribution in [0, 0.1) is 12.8 Å². The molecule has 0 radical (unpaired) electrons. The van der Waals surface area contributed by atoms with E-state index in [0.29, 0.717) is 19.6 Å². The minimum atomic E-state index is -0.281. The fraction of sp³-hybridized carbons (Fsp3) is 0.286. The second kappa shape index (κ2) is 8.24. The van der Waals surface area contributed by atoms with E-state index in [1.807, 2.05) is 49.4 Å². The molecule has 3 aromatic rings. The summed E-state index contributed by atoms with van der Waals surface area (Å²) >= 11 is 3.27. The fourth-order valence-electron chi connectivity index (χ4n) is 3.31. The molecule has 7 heteroatoms. The number of benzene rings is 1. The molecular weight excluding hydrogens is 390 g/mol. The summed E-state index contributed by atoms with van der Waals surface area (Å²) in [6.45, 7) is 3.51. The van der Waals surface area contributed by atoms with E-state index < -0.39 is 0 Å². The molecule has 1 aliphatic rings. The summed E-state index contributed by atoms with van der Waals surface area (Å²) in [5.41, 5.74) is 2.07. The third kappa shape index (κ3) is 4.31. The monoisotopic (exact) mass is 411 g/mol. The maximum absolute atomic E-state index is 12.5.